The van der Waals surface area contributed by atoms with Crippen molar-refractivity contribution in [3.8, 4) is 0 Å². The predicted octanol–water partition coefficient (Wildman–Crippen LogP) is 3.63. The minimum absolute atomic E-state index is 0.130. The molecule has 1 aliphatic heterocycles. The van der Waals surface area contributed by atoms with Crippen molar-refractivity contribution < 1.29 is 29.0 Å². The Bertz CT molecular complexity index is 876. The summed E-state index contributed by atoms with van der Waals surface area (Å²) in [6.45, 7) is 1.09. The van der Waals surface area contributed by atoms with Gasteiger partial charge in [-0.2, -0.15) is 0 Å². The number of aliphatic carboxylic acids is 2. The van der Waals surface area contributed by atoms with Gasteiger partial charge in [0.05, 0.1) is 6.26 Å². The molecule has 0 aliphatic carbocycles. The molecular formula is C23H25NO6. The monoisotopic (exact) mass is 411 g/mol. The lowest BCUT2D eigenvalue weighted by atomic mass is 9.95. The van der Waals surface area contributed by atoms with Gasteiger partial charge in [0.25, 0.3) is 0 Å². The quantitative estimate of drug-likeness (QED) is 0.568. The highest BCUT2D eigenvalue weighted by Crippen LogP contribution is 2.26. The van der Waals surface area contributed by atoms with E-state index in [1.807, 2.05) is 12.1 Å². The van der Waals surface area contributed by atoms with E-state index in [4.69, 9.17) is 14.6 Å². The minimum Gasteiger partial charge on any atom is -0.478 e. The van der Waals surface area contributed by atoms with Crippen molar-refractivity contribution in [2.45, 2.75) is 31.7 Å². The number of hydrogen-bond acceptors (Lipinski definition) is 5. The number of rotatable bonds is 8. The molecule has 0 radical (unpaired) electrons. The highest BCUT2D eigenvalue weighted by molar-refractivity contribution is 5.93. The Kier molecular flexibility index (Phi) is 9.27. The average molecular weight is 411 g/mol. The van der Waals surface area contributed by atoms with Crippen LogP contribution in [0.15, 0.2) is 65.3 Å². The second-order valence-electron chi connectivity index (χ2n) is 6.67. The van der Waals surface area contributed by atoms with E-state index in [2.05, 4.69) is 29.6 Å². The molecule has 2 aromatic rings. The number of carbonyl (C=O) groups is 3. The zero-order valence-corrected chi connectivity index (χ0v) is 16.5. The van der Waals surface area contributed by atoms with Gasteiger partial charge in [-0.1, -0.05) is 24.3 Å². The van der Waals surface area contributed by atoms with E-state index >= 15 is 0 Å². The summed E-state index contributed by atoms with van der Waals surface area (Å²) in [6, 6.07) is 12.6. The largest absolute Gasteiger partial charge is 0.478 e. The van der Waals surface area contributed by atoms with Crippen molar-refractivity contribution in [3.05, 3.63) is 77.8 Å². The molecule has 3 rings (SSSR count). The Morgan fingerprint density at radius 2 is 1.77 bits per heavy atom. The summed E-state index contributed by atoms with van der Waals surface area (Å²) in [5, 5.41) is 19.2. The lowest BCUT2D eigenvalue weighted by Gasteiger charge is -2.15. The van der Waals surface area contributed by atoms with Gasteiger partial charge in [-0.3, -0.25) is 4.79 Å². The molecular weight excluding hydrogens is 386 g/mol. The molecule has 1 aliphatic rings. The summed E-state index contributed by atoms with van der Waals surface area (Å²) in [7, 11) is 0. The predicted molar refractivity (Wildman–Crippen MR) is 112 cm³/mol. The second-order valence-corrected chi connectivity index (χ2v) is 6.67. The van der Waals surface area contributed by atoms with Crippen LogP contribution < -0.4 is 5.32 Å². The summed E-state index contributed by atoms with van der Waals surface area (Å²) in [4.78, 5) is 31.1. The van der Waals surface area contributed by atoms with Crippen LogP contribution in [0.25, 0.3) is 6.08 Å². The number of benzene rings is 1. The Morgan fingerprint density at radius 3 is 2.37 bits per heavy atom. The first kappa shape index (κ1) is 22.8. The molecule has 1 fully saturated rings. The van der Waals surface area contributed by atoms with Gasteiger partial charge < -0.3 is 19.9 Å². The maximum atomic E-state index is 12.0. The molecule has 0 spiro atoms. The van der Waals surface area contributed by atoms with Crippen LogP contribution in [0.5, 0.6) is 0 Å². The third-order valence-corrected chi connectivity index (χ3v) is 4.48. The number of allylic oxidation sites excluding steroid dienone is 1. The second kappa shape index (κ2) is 12.2. The minimum atomic E-state index is -1.26. The summed E-state index contributed by atoms with van der Waals surface area (Å²) >= 11 is 0. The summed E-state index contributed by atoms with van der Waals surface area (Å²) in [5.41, 5.74) is 2.63. The van der Waals surface area contributed by atoms with Crippen LogP contribution in [0.3, 0.4) is 0 Å². The summed E-state index contributed by atoms with van der Waals surface area (Å²) in [6.07, 6.45) is 9.78. The molecule has 1 aromatic carbocycles. The van der Waals surface area contributed by atoms with E-state index < -0.39 is 11.9 Å². The Morgan fingerprint density at radius 1 is 1.03 bits per heavy atom. The molecule has 1 atom stereocenters. The van der Waals surface area contributed by atoms with Crippen LogP contribution in [-0.2, 0) is 20.8 Å². The molecule has 3 N–H and O–H groups in total. The van der Waals surface area contributed by atoms with Crippen LogP contribution >= 0.6 is 0 Å². The molecule has 2 heterocycles. The molecule has 30 heavy (non-hydrogen) atoms. The molecule has 158 valence electrons. The number of carbonyl (C=O) groups excluding carboxylic acids is 1. The van der Waals surface area contributed by atoms with E-state index in [1.54, 1.807) is 18.4 Å². The van der Waals surface area contributed by atoms with Gasteiger partial charge in [-0.05, 0) is 61.2 Å². The van der Waals surface area contributed by atoms with Gasteiger partial charge in [0.15, 0.2) is 5.78 Å². The maximum Gasteiger partial charge on any atom is 0.328 e. The number of carboxylic acid groups (broad SMARTS) is 2. The van der Waals surface area contributed by atoms with Crippen molar-refractivity contribution in [2.75, 3.05) is 6.54 Å². The lowest BCUT2D eigenvalue weighted by molar-refractivity contribution is -0.134. The first-order valence-corrected chi connectivity index (χ1v) is 9.65. The van der Waals surface area contributed by atoms with Gasteiger partial charge in [-0.25, -0.2) is 9.59 Å². The number of aryl methyl sites for hydroxylation is 1. The SMILES string of the molecule is O=C(C=Cc1ccco1)CCc1ccccc1C1CCCN1.O=C(O)C=CC(=O)O. The fourth-order valence-corrected chi connectivity index (χ4v) is 3.10. The van der Waals surface area contributed by atoms with Crippen molar-refractivity contribution >= 4 is 23.8 Å². The molecule has 7 heteroatoms. The Balaban J connectivity index is 0.000000343. The average Bonchev–Trinajstić information content (AvgIpc) is 3.44. The van der Waals surface area contributed by atoms with Gasteiger partial charge in [0, 0.05) is 24.6 Å². The first-order valence-electron chi connectivity index (χ1n) is 9.65. The molecule has 0 bridgehead atoms. The third-order valence-electron chi connectivity index (χ3n) is 4.48. The first-order chi connectivity index (χ1) is 14.5. The fraction of sp³-hybridized carbons (Fsp3) is 0.261. The number of furan rings is 1. The van der Waals surface area contributed by atoms with Crippen LogP contribution in [-0.4, -0.2) is 34.5 Å². The standard InChI is InChI=1S/C19H21NO2.C4H4O4/c21-16(11-12-17-6-4-14-22-17)10-9-15-5-1-2-7-18(15)19-8-3-13-20-19;5-3(6)1-2-4(7)8/h1-2,4-7,11-12,14,19-20H,3,8-10,13H2;1-2H,(H,5,6)(H,7,8). The number of ketones is 1. The van der Waals surface area contributed by atoms with E-state index in [0.717, 1.165) is 13.0 Å². The normalized spacial score (nSPS) is 15.8. The maximum absolute atomic E-state index is 12.0. The van der Waals surface area contributed by atoms with Crippen molar-refractivity contribution in [2.24, 2.45) is 0 Å². The number of nitrogens with one attached hydrogen (secondary N) is 1. The molecule has 0 amide bonds. The highest BCUT2D eigenvalue weighted by Gasteiger charge is 2.18. The zero-order chi connectivity index (χ0) is 21.8. The topological polar surface area (TPSA) is 117 Å². The Hall–Kier alpha value is -3.45. The van der Waals surface area contributed by atoms with Crippen LogP contribution in [0.1, 0.15) is 42.2 Å². The van der Waals surface area contributed by atoms with E-state index in [9.17, 15) is 14.4 Å². The third kappa shape index (κ3) is 8.28. The van der Waals surface area contributed by atoms with Crippen molar-refractivity contribution in [1.29, 1.82) is 0 Å². The summed E-state index contributed by atoms with van der Waals surface area (Å²) in [5.74, 6) is -1.67. The zero-order valence-electron chi connectivity index (χ0n) is 16.5. The van der Waals surface area contributed by atoms with Gasteiger partial charge in [0.2, 0.25) is 0 Å². The van der Waals surface area contributed by atoms with Crippen molar-refractivity contribution in [3.63, 3.8) is 0 Å². The van der Waals surface area contributed by atoms with Gasteiger partial charge >= 0.3 is 11.9 Å². The van der Waals surface area contributed by atoms with Crippen LogP contribution in [0.4, 0.5) is 0 Å². The van der Waals surface area contributed by atoms with Crippen LogP contribution in [0, 0.1) is 0 Å². The highest BCUT2D eigenvalue weighted by atomic mass is 16.4. The molecule has 1 aromatic heterocycles. The van der Waals surface area contributed by atoms with Crippen molar-refractivity contribution in [1.82, 2.24) is 5.32 Å². The van der Waals surface area contributed by atoms with E-state index in [0.29, 0.717) is 30.4 Å². The number of hydrogen-bond donors (Lipinski definition) is 3. The van der Waals surface area contributed by atoms with Gasteiger partial charge in [-0.15, -0.1) is 0 Å². The van der Waals surface area contributed by atoms with Gasteiger partial charge in [0.1, 0.15) is 5.76 Å². The Labute approximate surface area is 174 Å². The number of carboxylic acids is 2. The molecule has 1 unspecified atom stereocenters. The van der Waals surface area contributed by atoms with Crippen LogP contribution in [0.2, 0.25) is 0 Å². The fourth-order valence-electron chi connectivity index (χ4n) is 3.10. The molecule has 1 saturated heterocycles. The van der Waals surface area contributed by atoms with E-state index in [1.165, 1.54) is 24.0 Å². The lowest BCUT2D eigenvalue weighted by Crippen LogP contribution is -2.15. The molecule has 0 saturated carbocycles. The molecule has 7 nitrogen and oxygen atoms in total. The summed E-state index contributed by atoms with van der Waals surface area (Å²) < 4.78 is 5.19. The smallest absolute Gasteiger partial charge is 0.328 e. The van der Waals surface area contributed by atoms with E-state index in [-0.39, 0.29) is 5.78 Å².